The molecule has 0 saturated carbocycles. The predicted molar refractivity (Wildman–Crippen MR) is 105 cm³/mol. The molecule has 0 aliphatic carbocycles. The fourth-order valence-corrected chi connectivity index (χ4v) is 2.67. The van der Waals surface area contributed by atoms with Gasteiger partial charge in [0.05, 0.1) is 40.0 Å². The Kier molecular flexibility index (Phi) is 7.11. The van der Waals surface area contributed by atoms with Crippen LogP contribution in [0.15, 0.2) is 42.5 Å². The van der Waals surface area contributed by atoms with Crippen molar-refractivity contribution >= 4 is 12.0 Å². The molecule has 0 spiro atoms. The SMILES string of the molecule is COc1ccc([C@H](C)NC(=O)/C=C/c2c(OC)cccc2OC)cc1OC. The van der Waals surface area contributed by atoms with Crippen LogP contribution in [0.2, 0.25) is 0 Å². The summed E-state index contributed by atoms with van der Waals surface area (Å²) in [6.45, 7) is 1.90. The fraction of sp³-hybridized carbons (Fsp3) is 0.286. The second-order valence-electron chi connectivity index (χ2n) is 5.75. The third kappa shape index (κ3) is 4.94. The molecule has 1 atom stereocenters. The van der Waals surface area contributed by atoms with E-state index in [-0.39, 0.29) is 11.9 Å². The molecule has 1 N–H and O–H groups in total. The van der Waals surface area contributed by atoms with Crippen LogP contribution in [0, 0.1) is 0 Å². The van der Waals surface area contributed by atoms with E-state index in [0.29, 0.717) is 28.6 Å². The zero-order chi connectivity index (χ0) is 19.8. The molecule has 0 aromatic heterocycles. The average molecular weight is 371 g/mol. The van der Waals surface area contributed by atoms with Gasteiger partial charge in [0.15, 0.2) is 11.5 Å². The molecule has 0 unspecified atom stereocenters. The molecule has 6 nitrogen and oxygen atoms in total. The summed E-state index contributed by atoms with van der Waals surface area (Å²) >= 11 is 0. The highest BCUT2D eigenvalue weighted by molar-refractivity contribution is 5.92. The Balaban J connectivity index is 2.13. The van der Waals surface area contributed by atoms with E-state index >= 15 is 0 Å². The molecule has 0 saturated heterocycles. The molecule has 144 valence electrons. The van der Waals surface area contributed by atoms with Gasteiger partial charge in [0.1, 0.15) is 11.5 Å². The largest absolute Gasteiger partial charge is 0.496 e. The van der Waals surface area contributed by atoms with Gasteiger partial charge in [-0.3, -0.25) is 4.79 Å². The first-order valence-corrected chi connectivity index (χ1v) is 8.45. The third-order valence-corrected chi connectivity index (χ3v) is 4.13. The zero-order valence-corrected chi connectivity index (χ0v) is 16.2. The molecule has 2 aromatic carbocycles. The average Bonchev–Trinajstić information content (AvgIpc) is 2.71. The van der Waals surface area contributed by atoms with Crippen LogP contribution < -0.4 is 24.3 Å². The number of carbonyl (C=O) groups excluding carboxylic acids is 1. The number of hydrogen-bond acceptors (Lipinski definition) is 5. The summed E-state index contributed by atoms with van der Waals surface area (Å²) < 4.78 is 21.2. The van der Waals surface area contributed by atoms with E-state index in [2.05, 4.69) is 5.32 Å². The third-order valence-electron chi connectivity index (χ3n) is 4.13. The number of carbonyl (C=O) groups is 1. The summed E-state index contributed by atoms with van der Waals surface area (Å²) in [6, 6.07) is 10.8. The second kappa shape index (κ2) is 9.52. The van der Waals surface area contributed by atoms with E-state index in [1.807, 2.05) is 43.3 Å². The Labute approximate surface area is 159 Å². The van der Waals surface area contributed by atoms with Crippen molar-refractivity contribution in [3.05, 3.63) is 53.6 Å². The maximum absolute atomic E-state index is 12.3. The molecule has 0 aliphatic rings. The van der Waals surface area contributed by atoms with Gasteiger partial charge in [-0.2, -0.15) is 0 Å². The monoisotopic (exact) mass is 371 g/mol. The summed E-state index contributed by atoms with van der Waals surface area (Å²) in [6.07, 6.45) is 3.13. The van der Waals surface area contributed by atoms with Gasteiger partial charge in [-0.05, 0) is 42.8 Å². The van der Waals surface area contributed by atoms with Crippen molar-refractivity contribution in [2.75, 3.05) is 28.4 Å². The molecule has 0 radical (unpaired) electrons. The van der Waals surface area contributed by atoms with Gasteiger partial charge < -0.3 is 24.3 Å². The van der Waals surface area contributed by atoms with Gasteiger partial charge >= 0.3 is 0 Å². The Bertz CT molecular complexity index is 794. The molecule has 2 aromatic rings. The lowest BCUT2D eigenvalue weighted by Gasteiger charge is -2.16. The summed E-state index contributed by atoms with van der Waals surface area (Å²) in [5.74, 6) is 2.29. The predicted octanol–water partition coefficient (Wildman–Crippen LogP) is 3.61. The van der Waals surface area contributed by atoms with Crippen LogP contribution in [-0.2, 0) is 4.79 Å². The Morgan fingerprint density at radius 1 is 0.889 bits per heavy atom. The number of amides is 1. The molecule has 1 amide bonds. The molecule has 6 heteroatoms. The Morgan fingerprint density at radius 2 is 1.48 bits per heavy atom. The first-order valence-electron chi connectivity index (χ1n) is 8.45. The van der Waals surface area contributed by atoms with E-state index in [1.54, 1.807) is 34.5 Å². The van der Waals surface area contributed by atoms with Crippen LogP contribution in [0.25, 0.3) is 6.08 Å². The number of rotatable bonds is 8. The van der Waals surface area contributed by atoms with Crippen LogP contribution in [0.5, 0.6) is 23.0 Å². The van der Waals surface area contributed by atoms with Gasteiger partial charge in [-0.15, -0.1) is 0 Å². The quantitative estimate of drug-likeness (QED) is 0.718. The van der Waals surface area contributed by atoms with Gasteiger partial charge in [0, 0.05) is 6.08 Å². The molecule has 0 heterocycles. The molecular formula is C21H25NO5. The van der Waals surface area contributed by atoms with E-state index in [9.17, 15) is 4.79 Å². The standard InChI is InChI=1S/C21H25NO5/c1-14(15-9-11-19(26-4)20(13-15)27-5)22-21(23)12-10-16-17(24-2)7-6-8-18(16)25-3/h6-14H,1-5H3,(H,22,23)/b12-10+/t14-/m0/s1. The normalized spacial score (nSPS) is 11.7. The van der Waals surface area contributed by atoms with Crippen LogP contribution >= 0.6 is 0 Å². The smallest absolute Gasteiger partial charge is 0.244 e. The highest BCUT2D eigenvalue weighted by Crippen LogP contribution is 2.31. The van der Waals surface area contributed by atoms with Crippen molar-refractivity contribution in [3.8, 4) is 23.0 Å². The summed E-state index contributed by atoms with van der Waals surface area (Å²) in [5.41, 5.74) is 1.61. The van der Waals surface area contributed by atoms with Crippen molar-refractivity contribution in [2.24, 2.45) is 0 Å². The topological polar surface area (TPSA) is 66.0 Å². The molecule has 0 fully saturated rings. The highest BCUT2D eigenvalue weighted by Gasteiger charge is 2.12. The fourth-order valence-electron chi connectivity index (χ4n) is 2.67. The number of hydrogen-bond donors (Lipinski definition) is 1. The van der Waals surface area contributed by atoms with E-state index in [0.717, 1.165) is 5.56 Å². The van der Waals surface area contributed by atoms with Crippen LogP contribution in [-0.4, -0.2) is 34.3 Å². The second-order valence-corrected chi connectivity index (χ2v) is 5.75. The lowest BCUT2D eigenvalue weighted by atomic mass is 10.1. The van der Waals surface area contributed by atoms with Gasteiger partial charge in [0.25, 0.3) is 0 Å². The molecule has 0 bridgehead atoms. The van der Waals surface area contributed by atoms with E-state index in [1.165, 1.54) is 6.08 Å². The number of ether oxygens (including phenoxy) is 4. The molecule has 27 heavy (non-hydrogen) atoms. The zero-order valence-electron chi connectivity index (χ0n) is 16.2. The maximum atomic E-state index is 12.3. The lowest BCUT2D eigenvalue weighted by Crippen LogP contribution is -2.24. The van der Waals surface area contributed by atoms with E-state index < -0.39 is 0 Å². The summed E-state index contributed by atoms with van der Waals surface area (Å²) in [4.78, 5) is 12.3. The lowest BCUT2D eigenvalue weighted by molar-refractivity contribution is -0.117. The maximum Gasteiger partial charge on any atom is 0.244 e. The number of methoxy groups -OCH3 is 4. The minimum absolute atomic E-state index is 0.207. The first kappa shape index (κ1) is 20.2. The summed E-state index contributed by atoms with van der Waals surface area (Å²) in [5, 5.41) is 2.93. The first-order chi connectivity index (χ1) is 13.0. The Morgan fingerprint density at radius 3 is 2.04 bits per heavy atom. The van der Waals surface area contributed by atoms with Gasteiger partial charge in [0.2, 0.25) is 5.91 Å². The highest BCUT2D eigenvalue weighted by atomic mass is 16.5. The molecule has 2 rings (SSSR count). The number of benzene rings is 2. The van der Waals surface area contributed by atoms with Crippen molar-refractivity contribution in [3.63, 3.8) is 0 Å². The minimum Gasteiger partial charge on any atom is -0.496 e. The van der Waals surface area contributed by atoms with Crippen LogP contribution in [0.1, 0.15) is 24.1 Å². The minimum atomic E-state index is -0.231. The van der Waals surface area contributed by atoms with E-state index in [4.69, 9.17) is 18.9 Å². The van der Waals surface area contributed by atoms with Crippen molar-refractivity contribution < 1.29 is 23.7 Å². The molecule has 0 aliphatic heterocycles. The summed E-state index contributed by atoms with van der Waals surface area (Å²) in [7, 11) is 6.31. The Hall–Kier alpha value is -3.15. The molecular weight excluding hydrogens is 346 g/mol. The van der Waals surface area contributed by atoms with Crippen molar-refractivity contribution in [1.29, 1.82) is 0 Å². The van der Waals surface area contributed by atoms with Gasteiger partial charge in [-0.1, -0.05) is 12.1 Å². The van der Waals surface area contributed by atoms with Crippen LogP contribution in [0.3, 0.4) is 0 Å². The van der Waals surface area contributed by atoms with Crippen molar-refractivity contribution in [2.45, 2.75) is 13.0 Å². The van der Waals surface area contributed by atoms with Gasteiger partial charge in [-0.25, -0.2) is 0 Å². The van der Waals surface area contributed by atoms with Crippen molar-refractivity contribution in [1.82, 2.24) is 5.32 Å². The number of nitrogens with one attached hydrogen (secondary N) is 1. The van der Waals surface area contributed by atoms with Crippen LogP contribution in [0.4, 0.5) is 0 Å².